The van der Waals surface area contributed by atoms with Gasteiger partial charge >= 0.3 is 0 Å². The zero-order valence-electron chi connectivity index (χ0n) is 21.2. The molecule has 0 bridgehead atoms. The van der Waals surface area contributed by atoms with E-state index in [0.717, 1.165) is 24.1 Å². The van der Waals surface area contributed by atoms with Crippen LogP contribution in [0.2, 0.25) is 0 Å². The Hall–Kier alpha value is -3.41. The fourth-order valence-electron chi connectivity index (χ4n) is 3.77. The number of nitrogens with one attached hydrogen (secondary N) is 2. The Bertz CT molecular complexity index is 1070. The van der Waals surface area contributed by atoms with E-state index >= 15 is 0 Å². The highest BCUT2D eigenvalue weighted by atomic mass is 16.2. The fourth-order valence-corrected chi connectivity index (χ4v) is 3.77. The Labute approximate surface area is 203 Å². The lowest BCUT2D eigenvalue weighted by Crippen LogP contribution is -2.34. The molecule has 2 aromatic carbocycles. The lowest BCUT2D eigenvalue weighted by Gasteiger charge is -2.32. The van der Waals surface area contributed by atoms with Crippen molar-refractivity contribution in [2.45, 2.75) is 60.0 Å². The van der Waals surface area contributed by atoms with Gasteiger partial charge in [0.15, 0.2) is 0 Å². The first-order chi connectivity index (χ1) is 16.2. The van der Waals surface area contributed by atoms with Gasteiger partial charge in [-0.05, 0) is 36.5 Å². The van der Waals surface area contributed by atoms with Crippen LogP contribution in [0.4, 0.5) is 17.5 Å². The Morgan fingerprint density at radius 2 is 1.71 bits per heavy atom. The van der Waals surface area contributed by atoms with Gasteiger partial charge in [-0.1, -0.05) is 82.1 Å². The van der Waals surface area contributed by atoms with Gasteiger partial charge in [-0.3, -0.25) is 4.79 Å². The van der Waals surface area contributed by atoms with Crippen molar-refractivity contribution in [1.82, 2.24) is 14.9 Å². The zero-order chi connectivity index (χ0) is 24.7. The molecule has 0 aliphatic carbocycles. The van der Waals surface area contributed by atoms with Gasteiger partial charge in [0.05, 0.1) is 0 Å². The SMILES string of the molecule is CCCC(Nc1cc(C(=O)N(C)Cc2ccccc2)nc(Nc2ccc(C)cc2)n1)C(C)(C)C. The molecule has 6 nitrogen and oxygen atoms in total. The first-order valence-corrected chi connectivity index (χ1v) is 11.9. The predicted molar refractivity (Wildman–Crippen MR) is 141 cm³/mol. The maximum absolute atomic E-state index is 13.3. The quantitative estimate of drug-likeness (QED) is 0.386. The molecule has 0 saturated carbocycles. The van der Waals surface area contributed by atoms with Crippen LogP contribution in [0.3, 0.4) is 0 Å². The maximum atomic E-state index is 13.3. The second-order valence-corrected chi connectivity index (χ2v) is 9.95. The van der Waals surface area contributed by atoms with Gasteiger partial charge in [0.1, 0.15) is 11.5 Å². The third-order valence-electron chi connectivity index (χ3n) is 5.81. The van der Waals surface area contributed by atoms with Crippen molar-refractivity contribution in [2.75, 3.05) is 17.7 Å². The summed E-state index contributed by atoms with van der Waals surface area (Å²) in [7, 11) is 1.80. The van der Waals surface area contributed by atoms with Gasteiger partial charge < -0.3 is 15.5 Å². The molecule has 0 spiro atoms. The largest absolute Gasteiger partial charge is 0.367 e. The molecule has 1 aromatic heterocycles. The average Bonchev–Trinajstić information content (AvgIpc) is 2.80. The molecule has 0 aliphatic rings. The number of rotatable bonds is 9. The maximum Gasteiger partial charge on any atom is 0.272 e. The van der Waals surface area contributed by atoms with Crippen LogP contribution in [0, 0.1) is 12.3 Å². The van der Waals surface area contributed by atoms with Crippen LogP contribution in [0.5, 0.6) is 0 Å². The molecule has 0 saturated heterocycles. The van der Waals surface area contributed by atoms with Crippen molar-refractivity contribution in [1.29, 1.82) is 0 Å². The summed E-state index contributed by atoms with van der Waals surface area (Å²) in [5, 5.41) is 6.84. The van der Waals surface area contributed by atoms with Gasteiger partial charge in [-0.25, -0.2) is 4.98 Å². The van der Waals surface area contributed by atoms with Crippen LogP contribution in [0.25, 0.3) is 0 Å². The van der Waals surface area contributed by atoms with Gasteiger partial charge in [0, 0.05) is 31.4 Å². The topological polar surface area (TPSA) is 70.2 Å². The third kappa shape index (κ3) is 7.04. The summed E-state index contributed by atoms with van der Waals surface area (Å²) in [6, 6.07) is 19.9. The third-order valence-corrected chi connectivity index (χ3v) is 5.81. The number of hydrogen-bond acceptors (Lipinski definition) is 5. The zero-order valence-corrected chi connectivity index (χ0v) is 21.2. The molecule has 1 heterocycles. The van der Waals surface area contributed by atoms with Gasteiger partial charge in [-0.2, -0.15) is 4.98 Å². The first-order valence-electron chi connectivity index (χ1n) is 11.9. The minimum absolute atomic E-state index is 0.0415. The summed E-state index contributed by atoms with van der Waals surface area (Å²) in [6.07, 6.45) is 2.06. The van der Waals surface area contributed by atoms with Crippen LogP contribution < -0.4 is 10.6 Å². The summed E-state index contributed by atoms with van der Waals surface area (Å²) in [4.78, 5) is 24.3. The molecule has 0 radical (unpaired) electrons. The number of aryl methyl sites for hydroxylation is 1. The number of benzene rings is 2. The highest BCUT2D eigenvalue weighted by Gasteiger charge is 2.25. The number of aromatic nitrogens is 2. The number of amides is 1. The molecule has 1 atom stereocenters. The van der Waals surface area contributed by atoms with Crippen molar-refractivity contribution in [3.8, 4) is 0 Å². The van der Waals surface area contributed by atoms with Crippen molar-refractivity contribution >= 4 is 23.4 Å². The van der Waals surface area contributed by atoms with Crippen molar-refractivity contribution in [2.24, 2.45) is 5.41 Å². The van der Waals surface area contributed by atoms with E-state index in [2.05, 4.69) is 43.3 Å². The molecule has 1 unspecified atom stereocenters. The molecule has 3 aromatic rings. The lowest BCUT2D eigenvalue weighted by molar-refractivity contribution is 0.0779. The Morgan fingerprint density at radius 3 is 2.32 bits per heavy atom. The van der Waals surface area contributed by atoms with Crippen LogP contribution in [-0.4, -0.2) is 33.9 Å². The molecule has 0 fully saturated rings. The number of carbonyl (C=O) groups is 1. The smallest absolute Gasteiger partial charge is 0.272 e. The summed E-state index contributed by atoms with van der Waals surface area (Å²) in [5.41, 5.74) is 3.52. The first kappa shape index (κ1) is 25.2. The minimum Gasteiger partial charge on any atom is -0.367 e. The molecule has 0 aliphatic heterocycles. The predicted octanol–water partition coefficient (Wildman–Crippen LogP) is 6.43. The molecule has 180 valence electrons. The van der Waals surface area contributed by atoms with E-state index in [4.69, 9.17) is 4.98 Å². The number of anilines is 3. The second kappa shape index (κ2) is 11.1. The average molecular weight is 460 g/mol. The molecular weight excluding hydrogens is 422 g/mol. The van der Waals surface area contributed by atoms with Crippen molar-refractivity contribution in [3.63, 3.8) is 0 Å². The highest BCUT2D eigenvalue weighted by Crippen LogP contribution is 2.27. The summed E-state index contributed by atoms with van der Waals surface area (Å²) in [5.74, 6) is 0.896. The summed E-state index contributed by atoms with van der Waals surface area (Å²) in [6.45, 7) is 11.4. The molecule has 3 rings (SSSR count). The van der Waals surface area contributed by atoms with Crippen LogP contribution in [0.15, 0.2) is 60.7 Å². The molecule has 2 N–H and O–H groups in total. The normalized spacial score (nSPS) is 12.2. The van der Waals surface area contributed by atoms with Crippen LogP contribution >= 0.6 is 0 Å². The Morgan fingerprint density at radius 1 is 1.03 bits per heavy atom. The standard InChI is InChI=1S/C28H37N5O/c1-7-11-24(28(3,4)5)31-25-18-23(26(34)33(6)19-21-12-9-8-10-13-21)30-27(32-25)29-22-16-14-20(2)15-17-22/h8-10,12-18,24H,7,11,19H2,1-6H3,(H2,29,30,31,32). The van der Waals surface area contributed by atoms with Gasteiger partial charge in [0.2, 0.25) is 5.95 Å². The van der Waals surface area contributed by atoms with E-state index in [1.54, 1.807) is 18.0 Å². The monoisotopic (exact) mass is 459 g/mol. The van der Waals surface area contributed by atoms with Crippen molar-refractivity contribution in [3.05, 3.63) is 77.5 Å². The van der Waals surface area contributed by atoms with Crippen molar-refractivity contribution < 1.29 is 4.79 Å². The lowest BCUT2D eigenvalue weighted by atomic mass is 9.84. The van der Waals surface area contributed by atoms with Gasteiger partial charge in [-0.15, -0.1) is 0 Å². The molecule has 1 amide bonds. The van der Waals surface area contributed by atoms with E-state index in [-0.39, 0.29) is 17.4 Å². The van der Waals surface area contributed by atoms with E-state index in [0.29, 0.717) is 24.0 Å². The van der Waals surface area contributed by atoms with Crippen LogP contribution in [-0.2, 0) is 6.54 Å². The second-order valence-electron chi connectivity index (χ2n) is 9.95. The minimum atomic E-state index is -0.149. The van der Waals surface area contributed by atoms with Crippen LogP contribution in [0.1, 0.15) is 62.2 Å². The number of nitrogens with zero attached hydrogens (tertiary/aromatic N) is 3. The van der Waals surface area contributed by atoms with Gasteiger partial charge in [0.25, 0.3) is 5.91 Å². The Kier molecular flexibility index (Phi) is 8.26. The van der Waals surface area contributed by atoms with E-state index < -0.39 is 0 Å². The highest BCUT2D eigenvalue weighted by molar-refractivity contribution is 5.93. The van der Waals surface area contributed by atoms with E-state index in [1.807, 2.05) is 61.5 Å². The molecule has 34 heavy (non-hydrogen) atoms. The number of hydrogen-bond donors (Lipinski definition) is 2. The number of carbonyl (C=O) groups excluding carboxylic acids is 1. The van der Waals surface area contributed by atoms with E-state index in [1.165, 1.54) is 5.56 Å². The summed E-state index contributed by atoms with van der Waals surface area (Å²) < 4.78 is 0. The fraction of sp³-hybridized carbons (Fsp3) is 0.393. The Balaban J connectivity index is 1.92. The molecule has 6 heteroatoms. The van der Waals surface area contributed by atoms with E-state index in [9.17, 15) is 4.79 Å². The summed E-state index contributed by atoms with van der Waals surface area (Å²) >= 11 is 0. The molecular formula is C28H37N5O.